The summed E-state index contributed by atoms with van der Waals surface area (Å²) in [6, 6.07) is 13.9. The number of nitrogens with one attached hydrogen (secondary N) is 2. The second kappa shape index (κ2) is 12.1. The highest BCUT2D eigenvalue weighted by Crippen LogP contribution is 2.35. The molecule has 39 heavy (non-hydrogen) atoms. The van der Waals surface area contributed by atoms with Crippen molar-refractivity contribution in [1.29, 1.82) is 0 Å². The van der Waals surface area contributed by atoms with Crippen molar-refractivity contribution in [2.24, 2.45) is 5.73 Å². The normalized spacial score (nSPS) is 20.0. The quantitative estimate of drug-likeness (QED) is 0.299. The van der Waals surface area contributed by atoms with Crippen molar-refractivity contribution in [2.45, 2.75) is 37.6 Å². The molecule has 1 aromatic heterocycles. The number of primary amides is 1. The fraction of sp³-hybridized carbons (Fsp3) is 0.500. The highest BCUT2D eigenvalue weighted by molar-refractivity contribution is 7.89. The molecule has 3 aromatic rings. The van der Waals surface area contributed by atoms with Crippen molar-refractivity contribution in [3.63, 3.8) is 0 Å². The maximum absolute atomic E-state index is 13.1. The van der Waals surface area contributed by atoms with Crippen molar-refractivity contribution < 1.29 is 18.3 Å². The number of rotatable bonds is 10. The van der Waals surface area contributed by atoms with E-state index in [2.05, 4.69) is 20.4 Å². The Hall–Kier alpha value is -2.83. The second-order valence-electron chi connectivity index (χ2n) is 10.6. The summed E-state index contributed by atoms with van der Waals surface area (Å²) in [6.07, 6.45) is 2.64. The lowest BCUT2D eigenvalue weighted by molar-refractivity contribution is 0.100. The first-order valence-corrected chi connectivity index (χ1v) is 15.4. The number of piperazine rings is 1. The zero-order valence-corrected chi connectivity index (χ0v) is 23.0. The minimum atomic E-state index is -3.34. The fourth-order valence-corrected chi connectivity index (χ4v) is 7.42. The molecular formula is C28H38N6O4S. The monoisotopic (exact) mass is 554 g/mol. The van der Waals surface area contributed by atoms with E-state index in [-0.39, 0.29) is 24.3 Å². The third-order valence-electron chi connectivity index (χ3n) is 8.00. The summed E-state index contributed by atoms with van der Waals surface area (Å²) in [5.74, 6) is -0.292. The SMILES string of the molecule is NC(=O)c1cc(-c2ccccc2)cc2c(C3CCN(S(=O)(=O)CCCN4CCNC(CCO)C4)CC3)n[nH]c12. The number of fused-ring (bicyclic) bond motifs is 1. The smallest absolute Gasteiger partial charge is 0.250 e. The van der Waals surface area contributed by atoms with Gasteiger partial charge >= 0.3 is 0 Å². The van der Waals surface area contributed by atoms with Crippen LogP contribution >= 0.6 is 0 Å². The fourth-order valence-electron chi connectivity index (χ4n) is 5.90. The van der Waals surface area contributed by atoms with Gasteiger partial charge < -0.3 is 21.1 Å². The van der Waals surface area contributed by atoms with Crippen LogP contribution in [0.5, 0.6) is 0 Å². The summed E-state index contributed by atoms with van der Waals surface area (Å²) in [5.41, 5.74) is 9.48. The lowest BCUT2D eigenvalue weighted by atomic mass is 9.90. The number of hydrogen-bond donors (Lipinski definition) is 4. The van der Waals surface area contributed by atoms with Gasteiger partial charge in [-0.15, -0.1) is 0 Å². The first kappa shape index (κ1) is 27.7. The van der Waals surface area contributed by atoms with E-state index in [0.717, 1.165) is 48.4 Å². The van der Waals surface area contributed by atoms with E-state index in [9.17, 15) is 18.3 Å². The van der Waals surface area contributed by atoms with Gasteiger partial charge in [0.05, 0.1) is 22.5 Å². The van der Waals surface area contributed by atoms with Crippen LogP contribution in [0.2, 0.25) is 0 Å². The molecule has 2 aromatic carbocycles. The van der Waals surface area contributed by atoms with Crippen LogP contribution < -0.4 is 11.1 Å². The molecule has 0 radical (unpaired) electrons. The van der Waals surface area contributed by atoms with E-state index in [1.807, 2.05) is 36.4 Å². The first-order chi connectivity index (χ1) is 18.9. The van der Waals surface area contributed by atoms with Gasteiger partial charge in [-0.2, -0.15) is 5.10 Å². The predicted molar refractivity (Wildman–Crippen MR) is 152 cm³/mol. The topological polar surface area (TPSA) is 145 Å². The molecule has 3 heterocycles. The van der Waals surface area contributed by atoms with Gasteiger partial charge in [-0.3, -0.25) is 9.89 Å². The van der Waals surface area contributed by atoms with Gasteiger partial charge in [0.25, 0.3) is 5.91 Å². The van der Waals surface area contributed by atoms with Crippen molar-refractivity contribution in [3.05, 3.63) is 53.7 Å². The Labute approximate surface area is 229 Å². The number of nitrogens with two attached hydrogens (primary N) is 1. The standard InChI is InChI=1S/C28H38N6O4S/c29-28(36)25-18-22(20-5-2-1-3-6-20)17-24-26(31-32-27(24)25)21-7-12-34(13-8-21)39(37,38)16-4-11-33-14-10-30-23(19-33)9-15-35/h1-3,5-6,17-18,21,23,30,35H,4,7-16,19H2,(H2,29,36)(H,31,32). The largest absolute Gasteiger partial charge is 0.396 e. The maximum atomic E-state index is 13.1. The zero-order valence-electron chi connectivity index (χ0n) is 22.2. The molecule has 5 N–H and O–H groups in total. The molecule has 1 unspecified atom stereocenters. The molecule has 11 heteroatoms. The third kappa shape index (κ3) is 6.33. The molecule has 2 aliphatic rings. The van der Waals surface area contributed by atoms with Gasteiger partial charge in [0.15, 0.2) is 0 Å². The molecule has 2 saturated heterocycles. The Bertz CT molecular complexity index is 1380. The molecule has 1 amide bonds. The lowest BCUT2D eigenvalue weighted by Gasteiger charge is -2.34. The number of nitrogens with zero attached hydrogens (tertiary/aromatic N) is 3. The number of aromatic nitrogens is 2. The van der Waals surface area contributed by atoms with Crippen LogP contribution in [0.1, 0.15) is 47.7 Å². The van der Waals surface area contributed by atoms with Gasteiger partial charge in [-0.25, -0.2) is 12.7 Å². The Morgan fingerprint density at radius 3 is 2.59 bits per heavy atom. The van der Waals surface area contributed by atoms with Crippen LogP contribution in [0, 0.1) is 0 Å². The number of amides is 1. The number of carbonyl (C=O) groups excluding carboxylic acids is 1. The van der Waals surface area contributed by atoms with Gasteiger partial charge in [-0.1, -0.05) is 30.3 Å². The molecule has 2 aliphatic heterocycles. The van der Waals surface area contributed by atoms with Gasteiger partial charge in [-0.05, 0) is 55.5 Å². The number of aliphatic hydroxyl groups excluding tert-OH is 1. The van der Waals surface area contributed by atoms with E-state index in [1.54, 1.807) is 10.4 Å². The average Bonchev–Trinajstić information content (AvgIpc) is 3.37. The number of hydrogen-bond acceptors (Lipinski definition) is 7. The van der Waals surface area contributed by atoms with Crippen LogP contribution in [-0.2, 0) is 10.0 Å². The van der Waals surface area contributed by atoms with Crippen LogP contribution in [-0.4, -0.2) is 96.5 Å². The Morgan fingerprint density at radius 2 is 1.87 bits per heavy atom. The number of piperidine rings is 1. The van der Waals surface area contributed by atoms with Crippen molar-refractivity contribution >= 4 is 26.8 Å². The number of aromatic amines is 1. The van der Waals surface area contributed by atoms with E-state index < -0.39 is 15.9 Å². The summed E-state index contributed by atoms with van der Waals surface area (Å²) >= 11 is 0. The number of carbonyl (C=O) groups is 1. The van der Waals surface area contributed by atoms with Gasteiger partial charge in [0, 0.05) is 56.7 Å². The van der Waals surface area contributed by atoms with Crippen molar-refractivity contribution in [2.75, 3.05) is 51.6 Å². The Morgan fingerprint density at radius 1 is 1.10 bits per heavy atom. The number of aliphatic hydroxyl groups is 1. The van der Waals surface area contributed by atoms with Crippen LogP contribution in [0.15, 0.2) is 42.5 Å². The third-order valence-corrected chi connectivity index (χ3v) is 9.96. The molecule has 10 nitrogen and oxygen atoms in total. The van der Waals surface area contributed by atoms with Crippen LogP contribution in [0.3, 0.4) is 0 Å². The minimum Gasteiger partial charge on any atom is -0.396 e. The molecule has 0 bridgehead atoms. The van der Waals surface area contributed by atoms with Crippen molar-refractivity contribution in [1.82, 2.24) is 24.7 Å². The van der Waals surface area contributed by atoms with Gasteiger partial charge in [0.2, 0.25) is 10.0 Å². The minimum absolute atomic E-state index is 0.0845. The molecular weight excluding hydrogens is 516 g/mol. The molecule has 0 spiro atoms. The first-order valence-electron chi connectivity index (χ1n) is 13.8. The second-order valence-corrected chi connectivity index (χ2v) is 12.7. The van der Waals surface area contributed by atoms with E-state index in [1.165, 1.54) is 0 Å². The van der Waals surface area contributed by atoms with Crippen molar-refractivity contribution in [3.8, 4) is 11.1 Å². The lowest BCUT2D eigenvalue weighted by Crippen LogP contribution is -2.51. The summed E-state index contributed by atoms with van der Waals surface area (Å²) < 4.78 is 27.8. The predicted octanol–water partition coefficient (Wildman–Crippen LogP) is 1.88. The van der Waals surface area contributed by atoms with Crippen LogP contribution in [0.4, 0.5) is 0 Å². The Balaban J connectivity index is 1.23. The zero-order chi connectivity index (χ0) is 27.4. The van der Waals surface area contributed by atoms with E-state index in [4.69, 9.17) is 5.73 Å². The number of benzene rings is 2. The van der Waals surface area contributed by atoms with Gasteiger partial charge in [0.1, 0.15) is 0 Å². The summed E-state index contributed by atoms with van der Waals surface area (Å²) in [4.78, 5) is 14.5. The highest BCUT2D eigenvalue weighted by atomic mass is 32.2. The molecule has 5 rings (SSSR count). The number of sulfonamides is 1. The molecule has 1 atom stereocenters. The summed E-state index contributed by atoms with van der Waals surface area (Å²) in [5, 5.41) is 21.0. The van der Waals surface area contributed by atoms with Crippen LogP contribution in [0.25, 0.3) is 22.0 Å². The van der Waals surface area contributed by atoms with E-state index >= 15 is 0 Å². The summed E-state index contributed by atoms with van der Waals surface area (Å²) in [7, 11) is -3.34. The average molecular weight is 555 g/mol. The molecule has 0 saturated carbocycles. The highest BCUT2D eigenvalue weighted by Gasteiger charge is 2.31. The molecule has 2 fully saturated rings. The van der Waals surface area contributed by atoms with E-state index in [0.29, 0.717) is 49.9 Å². The summed E-state index contributed by atoms with van der Waals surface area (Å²) in [6.45, 7) is 4.40. The molecule has 210 valence electrons. The number of H-pyrrole nitrogens is 1. The Kier molecular flexibility index (Phi) is 8.63. The maximum Gasteiger partial charge on any atom is 0.250 e. The molecule has 0 aliphatic carbocycles.